The molecule has 1 aromatic rings. The summed E-state index contributed by atoms with van der Waals surface area (Å²) in [6.07, 6.45) is 3.44. The van der Waals surface area contributed by atoms with Gasteiger partial charge in [-0.3, -0.25) is 4.98 Å². The summed E-state index contributed by atoms with van der Waals surface area (Å²) < 4.78 is 0. The Hall–Kier alpha value is -1.76. The minimum Gasteiger partial charge on any atom is -0.396 e. The van der Waals surface area contributed by atoms with Crippen LogP contribution in [0.3, 0.4) is 0 Å². The molecule has 1 aliphatic heterocycles. The number of pyridine rings is 1. The van der Waals surface area contributed by atoms with Crippen molar-refractivity contribution in [2.24, 2.45) is 17.8 Å². The number of aromatic nitrogens is 1. The largest absolute Gasteiger partial charge is 0.396 e. The van der Waals surface area contributed by atoms with E-state index in [0.717, 1.165) is 18.8 Å². The Morgan fingerprint density at radius 3 is 2.59 bits per heavy atom. The SMILES string of the molecule is C[C@@H]1CN(c2ccncc2N)C[C@H](C)C1C#N. The van der Waals surface area contributed by atoms with Gasteiger partial charge in [0.2, 0.25) is 0 Å². The first-order chi connectivity index (χ1) is 8.13. The molecule has 0 saturated carbocycles. The Morgan fingerprint density at radius 1 is 1.41 bits per heavy atom. The lowest BCUT2D eigenvalue weighted by atomic mass is 9.80. The molecule has 3 atom stereocenters. The first-order valence-corrected chi connectivity index (χ1v) is 5.97. The average molecular weight is 230 g/mol. The highest BCUT2D eigenvalue weighted by molar-refractivity contribution is 5.66. The summed E-state index contributed by atoms with van der Waals surface area (Å²) in [4.78, 5) is 6.27. The van der Waals surface area contributed by atoms with E-state index in [2.05, 4.69) is 29.8 Å². The van der Waals surface area contributed by atoms with E-state index < -0.39 is 0 Å². The molecule has 0 aromatic carbocycles. The molecule has 0 radical (unpaired) electrons. The van der Waals surface area contributed by atoms with E-state index in [-0.39, 0.29) is 5.92 Å². The van der Waals surface area contributed by atoms with Gasteiger partial charge in [-0.1, -0.05) is 13.8 Å². The third-order valence-corrected chi connectivity index (χ3v) is 3.56. The van der Waals surface area contributed by atoms with Gasteiger partial charge in [-0.05, 0) is 17.9 Å². The van der Waals surface area contributed by atoms with Gasteiger partial charge in [0, 0.05) is 19.3 Å². The number of nitrogens with zero attached hydrogens (tertiary/aromatic N) is 3. The molecule has 90 valence electrons. The summed E-state index contributed by atoms with van der Waals surface area (Å²) in [5, 5.41) is 9.14. The number of anilines is 2. The summed E-state index contributed by atoms with van der Waals surface area (Å²) in [5.74, 6) is 0.891. The number of piperidine rings is 1. The number of hydrogen-bond acceptors (Lipinski definition) is 4. The minimum atomic E-state index is 0.148. The molecule has 4 nitrogen and oxygen atoms in total. The van der Waals surface area contributed by atoms with Crippen LogP contribution >= 0.6 is 0 Å². The van der Waals surface area contributed by atoms with E-state index in [1.54, 1.807) is 12.4 Å². The Kier molecular flexibility index (Phi) is 3.19. The Labute approximate surface area is 102 Å². The van der Waals surface area contributed by atoms with Gasteiger partial charge in [0.1, 0.15) is 0 Å². The van der Waals surface area contributed by atoms with E-state index in [0.29, 0.717) is 17.5 Å². The molecule has 1 unspecified atom stereocenters. The topological polar surface area (TPSA) is 65.9 Å². The molecular formula is C13H18N4. The fourth-order valence-corrected chi connectivity index (χ4v) is 2.70. The summed E-state index contributed by atoms with van der Waals surface area (Å²) in [5.41, 5.74) is 7.69. The molecular weight excluding hydrogens is 212 g/mol. The van der Waals surface area contributed by atoms with Crippen LogP contribution < -0.4 is 10.6 Å². The first-order valence-electron chi connectivity index (χ1n) is 5.97. The van der Waals surface area contributed by atoms with Gasteiger partial charge in [-0.2, -0.15) is 5.26 Å². The molecule has 4 heteroatoms. The van der Waals surface area contributed by atoms with Crippen LogP contribution in [0, 0.1) is 29.1 Å². The Balaban J connectivity index is 2.21. The summed E-state index contributed by atoms with van der Waals surface area (Å²) >= 11 is 0. The molecule has 17 heavy (non-hydrogen) atoms. The molecule has 1 fully saturated rings. The second-order valence-corrected chi connectivity index (χ2v) is 4.95. The van der Waals surface area contributed by atoms with Gasteiger partial charge in [0.25, 0.3) is 0 Å². The van der Waals surface area contributed by atoms with Crippen LogP contribution in [0.4, 0.5) is 11.4 Å². The van der Waals surface area contributed by atoms with Crippen LogP contribution in [-0.2, 0) is 0 Å². The number of nitriles is 1. The van der Waals surface area contributed by atoms with Crippen LogP contribution in [0.2, 0.25) is 0 Å². The van der Waals surface area contributed by atoms with Crippen molar-refractivity contribution in [2.75, 3.05) is 23.7 Å². The van der Waals surface area contributed by atoms with E-state index in [4.69, 9.17) is 11.0 Å². The highest BCUT2D eigenvalue weighted by Crippen LogP contribution is 2.32. The Morgan fingerprint density at radius 2 is 2.06 bits per heavy atom. The summed E-state index contributed by atoms with van der Waals surface area (Å²) in [6, 6.07) is 4.37. The number of nitrogen functional groups attached to an aromatic ring is 1. The normalized spacial score (nSPS) is 28.8. The van der Waals surface area contributed by atoms with Crippen LogP contribution in [-0.4, -0.2) is 18.1 Å². The fraction of sp³-hybridized carbons (Fsp3) is 0.538. The van der Waals surface area contributed by atoms with Crippen molar-refractivity contribution in [1.82, 2.24) is 4.98 Å². The molecule has 0 amide bonds. The van der Waals surface area contributed by atoms with Crippen molar-refractivity contribution in [1.29, 1.82) is 5.26 Å². The first kappa shape index (κ1) is 11.7. The van der Waals surface area contributed by atoms with Crippen molar-refractivity contribution in [3.05, 3.63) is 18.5 Å². The smallest absolute Gasteiger partial charge is 0.0738 e. The maximum atomic E-state index is 9.14. The average Bonchev–Trinajstić information content (AvgIpc) is 2.29. The maximum absolute atomic E-state index is 9.14. The van der Waals surface area contributed by atoms with Crippen LogP contribution in [0.15, 0.2) is 18.5 Å². The summed E-state index contributed by atoms with van der Waals surface area (Å²) in [6.45, 7) is 6.04. The Bertz CT molecular complexity index is 425. The van der Waals surface area contributed by atoms with E-state index in [1.807, 2.05) is 6.07 Å². The van der Waals surface area contributed by atoms with Crippen LogP contribution in [0.25, 0.3) is 0 Å². The molecule has 0 spiro atoms. The molecule has 1 saturated heterocycles. The van der Waals surface area contributed by atoms with Gasteiger partial charge < -0.3 is 10.6 Å². The van der Waals surface area contributed by atoms with Crippen LogP contribution in [0.1, 0.15) is 13.8 Å². The van der Waals surface area contributed by atoms with E-state index in [9.17, 15) is 0 Å². The summed E-state index contributed by atoms with van der Waals surface area (Å²) in [7, 11) is 0. The lowest BCUT2D eigenvalue weighted by Gasteiger charge is -2.40. The molecule has 1 aliphatic rings. The maximum Gasteiger partial charge on any atom is 0.0738 e. The number of rotatable bonds is 1. The molecule has 2 rings (SSSR count). The van der Waals surface area contributed by atoms with Crippen molar-refractivity contribution >= 4 is 11.4 Å². The quantitative estimate of drug-likeness (QED) is 0.800. The lowest BCUT2D eigenvalue weighted by molar-refractivity contribution is 0.279. The third-order valence-electron chi connectivity index (χ3n) is 3.56. The number of hydrogen-bond donors (Lipinski definition) is 1. The van der Waals surface area contributed by atoms with Crippen molar-refractivity contribution in [3.8, 4) is 6.07 Å². The van der Waals surface area contributed by atoms with Crippen molar-refractivity contribution in [3.63, 3.8) is 0 Å². The van der Waals surface area contributed by atoms with Gasteiger partial charge in [0.05, 0.1) is 29.6 Å². The third kappa shape index (κ3) is 2.19. The predicted octanol–water partition coefficient (Wildman–Crippen LogP) is 1.90. The minimum absolute atomic E-state index is 0.148. The highest BCUT2D eigenvalue weighted by Gasteiger charge is 2.32. The lowest BCUT2D eigenvalue weighted by Crippen LogP contribution is -2.44. The predicted molar refractivity (Wildman–Crippen MR) is 68.3 cm³/mol. The van der Waals surface area contributed by atoms with Crippen molar-refractivity contribution < 1.29 is 0 Å². The molecule has 0 aliphatic carbocycles. The second-order valence-electron chi connectivity index (χ2n) is 4.95. The van der Waals surface area contributed by atoms with E-state index >= 15 is 0 Å². The van der Waals surface area contributed by atoms with Gasteiger partial charge in [0.15, 0.2) is 0 Å². The number of nitrogens with two attached hydrogens (primary N) is 1. The monoisotopic (exact) mass is 230 g/mol. The second kappa shape index (κ2) is 4.62. The zero-order chi connectivity index (χ0) is 12.4. The molecule has 0 bridgehead atoms. The molecule has 1 aromatic heterocycles. The highest BCUT2D eigenvalue weighted by atomic mass is 15.2. The molecule has 2 heterocycles. The van der Waals surface area contributed by atoms with Crippen LogP contribution in [0.5, 0.6) is 0 Å². The fourth-order valence-electron chi connectivity index (χ4n) is 2.70. The molecule has 2 N–H and O–H groups in total. The zero-order valence-corrected chi connectivity index (χ0v) is 10.3. The van der Waals surface area contributed by atoms with Crippen molar-refractivity contribution in [2.45, 2.75) is 13.8 Å². The van der Waals surface area contributed by atoms with E-state index in [1.165, 1.54) is 0 Å². The zero-order valence-electron chi connectivity index (χ0n) is 10.3. The standard InChI is InChI=1S/C13H18N4/c1-9-7-17(8-10(2)11(9)5-14)13-3-4-16-6-12(13)15/h3-4,6,9-11H,7-8,15H2,1-2H3/t9-,10+,11?. The van der Waals surface area contributed by atoms with Gasteiger partial charge in [-0.15, -0.1) is 0 Å². The van der Waals surface area contributed by atoms with Gasteiger partial charge >= 0.3 is 0 Å². The van der Waals surface area contributed by atoms with Gasteiger partial charge in [-0.25, -0.2) is 0 Å².